The monoisotopic (exact) mass is 342 g/mol. The molecule has 0 N–H and O–H groups in total. The first-order valence-electron chi connectivity index (χ1n) is 8.16. The van der Waals surface area contributed by atoms with Crippen molar-refractivity contribution in [3.05, 3.63) is 34.4 Å². The fourth-order valence-electron chi connectivity index (χ4n) is 3.63. The van der Waals surface area contributed by atoms with Crippen LogP contribution in [0.2, 0.25) is 0 Å². The molecular weight excluding hydrogens is 321 g/mol. The lowest BCUT2D eigenvalue weighted by molar-refractivity contribution is -0.138. The topological polar surface area (TPSA) is 32.8 Å². The SMILES string of the molecule is COC(=O)N1CCN(Cc2c(C(F)(F)F)ccc3c2CCC3)CC1. The maximum absolute atomic E-state index is 13.4. The third-order valence-corrected chi connectivity index (χ3v) is 4.89. The van der Waals surface area contributed by atoms with Gasteiger partial charge in [0.05, 0.1) is 12.7 Å². The number of halogens is 3. The Hall–Kier alpha value is -1.76. The molecule has 0 unspecified atom stereocenters. The first-order valence-corrected chi connectivity index (χ1v) is 8.16. The Bertz CT molecular complexity index is 623. The highest BCUT2D eigenvalue weighted by Crippen LogP contribution is 2.38. The molecule has 1 aromatic carbocycles. The number of carbonyl (C=O) groups is 1. The normalized spacial score (nSPS) is 18.6. The van der Waals surface area contributed by atoms with Crippen LogP contribution in [0.1, 0.15) is 28.7 Å². The molecule has 0 atom stereocenters. The van der Waals surface area contributed by atoms with Crippen LogP contribution in [0, 0.1) is 0 Å². The summed E-state index contributed by atoms with van der Waals surface area (Å²) >= 11 is 0. The number of carbonyl (C=O) groups excluding carboxylic acids is 1. The molecule has 0 saturated carbocycles. The molecule has 2 aliphatic rings. The van der Waals surface area contributed by atoms with E-state index in [1.165, 1.54) is 13.2 Å². The van der Waals surface area contributed by atoms with Gasteiger partial charge in [0.15, 0.2) is 0 Å². The van der Waals surface area contributed by atoms with Crippen LogP contribution in [0.3, 0.4) is 0 Å². The second-order valence-corrected chi connectivity index (χ2v) is 6.31. The molecule has 1 fully saturated rings. The summed E-state index contributed by atoms with van der Waals surface area (Å²) in [6, 6.07) is 2.86. The Kier molecular flexibility index (Phi) is 4.71. The van der Waals surface area contributed by atoms with Crippen molar-refractivity contribution in [2.24, 2.45) is 0 Å². The first kappa shape index (κ1) is 17.1. The zero-order valence-electron chi connectivity index (χ0n) is 13.7. The summed E-state index contributed by atoms with van der Waals surface area (Å²) in [5.41, 5.74) is 1.83. The average molecular weight is 342 g/mol. The van der Waals surface area contributed by atoms with E-state index < -0.39 is 11.7 Å². The lowest BCUT2D eigenvalue weighted by Gasteiger charge is -2.34. The van der Waals surface area contributed by atoms with Crippen LogP contribution in [0.25, 0.3) is 0 Å². The number of hydrogen-bond donors (Lipinski definition) is 0. The van der Waals surface area contributed by atoms with Crippen molar-refractivity contribution in [2.75, 3.05) is 33.3 Å². The number of ether oxygens (including phenoxy) is 1. The summed E-state index contributed by atoms with van der Waals surface area (Å²) in [6.45, 7) is 2.34. The molecule has 0 bridgehead atoms. The minimum atomic E-state index is -4.33. The van der Waals surface area contributed by atoms with Crippen molar-refractivity contribution in [1.82, 2.24) is 9.80 Å². The Morgan fingerprint density at radius 2 is 1.88 bits per heavy atom. The number of methoxy groups -OCH3 is 1. The highest BCUT2D eigenvalue weighted by Gasteiger charge is 2.36. The summed E-state index contributed by atoms with van der Waals surface area (Å²) in [5.74, 6) is 0. The van der Waals surface area contributed by atoms with Gasteiger partial charge >= 0.3 is 12.3 Å². The van der Waals surface area contributed by atoms with E-state index in [0.29, 0.717) is 31.7 Å². The molecule has 24 heavy (non-hydrogen) atoms. The minimum absolute atomic E-state index is 0.285. The summed E-state index contributed by atoms with van der Waals surface area (Å²) in [5, 5.41) is 0. The van der Waals surface area contributed by atoms with E-state index in [2.05, 4.69) is 4.74 Å². The van der Waals surface area contributed by atoms with E-state index in [-0.39, 0.29) is 12.6 Å². The zero-order chi connectivity index (χ0) is 17.3. The van der Waals surface area contributed by atoms with Crippen LogP contribution in [-0.2, 0) is 30.3 Å². The number of benzene rings is 1. The number of alkyl halides is 3. The molecule has 1 amide bonds. The second-order valence-electron chi connectivity index (χ2n) is 6.31. The molecule has 0 aromatic heterocycles. The van der Waals surface area contributed by atoms with Crippen molar-refractivity contribution in [3.63, 3.8) is 0 Å². The van der Waals surface area contributed by atoms with Gasteiger partial charge in [-0.25, -0.2) is 4.79 Å². The predicted molar refractivity (Wildman–Crippen MR) is 82.7 cm³/mol. The van der Waals surface area contributed by atoms with Crippen molar-refractivity contribution >= 4 is 6.09 Å². The molecule has 1 saturated heterocycles. The van der Waals surface area contributed by atoms with Crippen LogP contribution < -0.4 is 0 Å². The summed E-state index contributed by atoms with van der Waals surface area (Å²) in [4.78, 5) is 15.1. The second kappa shape index (κ2) is 6.63. The van der Waals surface area contributed by atoms with Crippen LogP contribution in [0.15, 0.2) is 12.1 Å². The lowest BCUT2D eigenvalue weighted by Crippen LogP contribution is -2.48. The molecule has 1 aliphatic carbocycles. The van der Waals surface area contributed by atoms with Crippen molar-refractivity contribution < 1.29 is 22.7 Å². The van der Waals surface area contributed by atoms with Gasteiger partial charge < -0.3 is 9.64 Å². The van der Waals surface area contributed by atoms with Crippen molar-refractivity contribution in [3.8, 4) is 0 Å². The Balaban J connectivity index is 1.78. The molecule has 3 rings (SSSR count). The number of amides is 1. The number of fused-ring (bicyclic) bond motifs is 1. The van der Waals surface area contributed by atoms with Gasteiger partial charge in [-0.3, -0.25) is 4.90 Å². The molecule has 1 heterocycles. The summed E-state index contributed by atoms with van der Waals surface area (Å²) in [7, 11) is 1.33. The first-order chi connectivity index (χ1) is 11.4. The predicted octanol–water partition coefficient (Wildman–Crippen LogP) is 3.08. The summed E-state index contributed by atoms with van der Waals surface area (Å²) < 4.78 is 44.9. The number of aryl methyl sites for hydroxylation is 1. The van der Waals surface area contributed by atoms with Crippen LogP contribution >= 0.6 is 0 Å². The molecule has 1 aliphatic heterocycles. The maximum Gasteiger partial charge on any atom is 0.416 e. The van der Waals surface area contributed by atoms with Gasteiger partial charge in [0, 0.05) is 32.7 Å². The van der Waals surface area contributed by atoms with Crippen LogP contribution in [0.5, 0.6) is 0 Å². The third kappa shape index (κ3) is 3.36. The molecule has 7 heteroatoms. The van der Waals surface area contributed by atoms with E-state index in [1.807, 2.05) is 4.90 Å². The van der Waals surface area contributed by atoms with E-state index in [1.54, 1.807) is 11.0 Å². The van der Waals surface area contributed by atoms with Gasteiger partial charge in [-0.2, -0.15) is 13.2 Å². The highest BCUT2D eigenvalue weighted by atomic mass is 19.4. The van der Waals surface area contributed by atoms with Crippen molar-refractivity contribution in [2.45, 2.75) is 32.0 Å². The molecule has 132 valence electrons. The molecule has 0 radical (unpaired) electrons. The largest absolute Gasteiger partial charge is 0.453 e. The molecular formula is C17H21F3N2O2. The van der Waals surface area contributed by atoms with Gasteiger partial charge in [0.2, 0.25) is 0 Å². The van der Waals surface area contributed by atoms with E-state index >= 15 is 0 Å². The molecule has 1 aromatic rings. The van der Waals surface area contributed by atoms with Crippen LogP contribution in [-0.4, -0.2) is 49.2 Å². The standard InChI is InChI=1S/C17H21F3N2O2/c1-24-16(23)22-9-7-21(8-10-22)11-14-13-4-2-3-12(13)5-6-15(14)17(18,19)20/h5-6H,2-4,7-11H2,1H3. The fraction of sp³-hybridized carbons (Fsp3) is 0.588. The Labute approximate surface area is 139 Å². The van der Waals surface area contributed by atoms with Gasteiger partial charge in [0.25, 0.3) is 0 Å². The van der Waals surface area contributed by atoms with E-state index in [4.69, 9.17) is 0 Å². The number of piperazine rings is 1. The maximum atomic E-state index is 13.4. The zero-order valence-corrected chi connectivity index (χ0v) is 13.7. The van der Waals surface area contributed by atoms with Crippen LogP contribution in [0.4, 0.5) is 18.0 Å². The van der Waals surface area contributed by atoms with E-state index in [9.17, 15) is 18.0 Å². The molecule has 4 nitrogen and oxygen atoms in total. The van der Waals surface area contributed by atoms with Gasteiger partial charge in [0.1, 0.15) is 0 Å². The van der Waals surface area contributed by atoms with Crippen molar-refractivity contribution in [1.29, 1.82) is 0 Å². The average Bonchev–Trinajstić information content (AvgIpc) is 3.03. The molecule has 0 spiro atoms. The fourth-order valence-corrected chi connectivity index (χ4v) is 3.63. The summed E-state index contributed by atoms with van der Waals surface area (Å²) in [6.07, 6.45) is -2.22. The Morgan fingerprint density at radius 3 is 2.50 bits per heavy atom. The number of nitrogens with zero attached hydrogens (tertiary/aromatic N) is 2. The van der Waals surface area contributed by atoms with Gasteiger partial charge in [-0.1, -0.05) is 6.07 Å². The van der Waals surface area contributed by atoms with Gasteiger partial charge in [-0.05, 0) is 42.0 Å². The minimum Gasteiger partial charge on any atom is -0.453 e. The van der Waals surface area contributed by atoms with Gasteiger partial charge in [-0.15, -0.1) is 0 Å². The van der Waals surface area contributed by atoms with E-state index in [0.717, 1.165) is 30.4 Å². The number of hydrogen-bond acceptors (Lipinski definition) is 3. The third-order valence-electron chi connectivity index (χ3n) is 4.89. The Morgan fingerprint density at radius 1 is 1.17 bits per heavy atom. The lowest BCUT2D eigenvalue weighted by atomic mass is 9.96. The quantitative estimate of drug-likeness (QED) is 0.828. The number of rotatable bonds is 2. The highest BCUT2D eigenvalue weighted by molar-refractivity contribution is 5.67. The smallest absolute Gasteiger partial charge is 0.416 e.